The Bertz CT molecular complexity index is 869. The van der Waals surface area contributed by atoms with Crippen molar-refractivity contribution in [1.29, 1.82) is 0 Å². The van der Waals surface area contributed by atoms with Crippen molar-refractivity contribution >= 4 is 22.5 Å². The second-order valence-electron chi connectivity index (χ2n) is 5.73. The second kappa shape index (κ2) is 8.29. The van der Waals surface area contributed by atoms with Gasteiger partial charge in [0.15, 0.2) is 5.96 Å². The van der Waals surface area contributed by atoms with E-state index in [1.165, 1.54) is 0 Å². The number of ether oxygens (including phenoxy) is 2. The number of hydrogen-bond donors (Lipinski definition) is 3. The summed E-state index contributed by atoms with van der Waals surface area (Å²) in [6.45, 7) is 5.50. The molecule has 0 radical (unpaired) electrons. The van der Waals surface area contributed by atoms with Gasteiger partial charge in [-0.25, -0.2) is 4.99 Å². The lowest BCUT2D eigenvalue weighted by Gasteiger charge is -2.13. The summed E-state index contributed by atoms with van der Waals surface area (Å²) >= 11 is 0. The third-order valence-electron chi connectivity index (χ3n) is 3.83. The van der Waals surface area contributed by atoms with Gasteiger partial charge >= 0.3 is 0 Å². The van der Waals surface area contributed by atoms with Gasteiger partial charge in [-0.1, -0.05) is 18.2 Å². The number of benzene rings is 2. The summed E-state index contributed by atoms with van der Waals surface area (Å²) < 4.78 is 11.2. The zero-order valence-electron chi connectivity index (χ0n) is 15.1. The highest BCUT2D eigenvalue weighted by molar-refractivity contribution is 5.94. The zero-order chi connectivity index (χ0) is 18.4. The van der Waals surface area contributed by atoms with E-state index in [1.54, 1.807) is 0 Å². The number of fused-ring (bicyclic) bond motifs is 1. The standard InChI is InChI=1S/C20H24N4O2/c1-3-25-16-9-10-19(26-4-2)18(12-16)24-20(21)22-13-15-11-14-7-5-6-8-17(14)23-15/h5-12,23H,3-4,13H2,1-2H3,(H3,21,22,24). The first-order valence-electron chi connectivity index (χ1n) is 8.72. The van der Waals surface area contributed by atoms with Crippen molar-refractivity contribution < 1.29 is 9.47 Å². The van der Waals surface area contributed by atoms with Gasteiger partial charge in [0.2, 0.25) is 0 Å². The molecule has 0 bridgehead atoms. The van der Waals surface area contributed by atoms with Crippen LogP contribution in [0.4, 0.5) is 5.69 Å². The quantitative estimate of drug-likeness (QED) is 0.445. The Morgan fingerprint density at radius 3 is 2.65 bits per heavy atom. The van der Waals surface area contributed by atoms with Gasteiger partial charge in [0.1, 0.15) is 11.5 Å². The van der Waals surface area contributed by atoms with Crippen LogP contribution in [0.3, 0.4) is 0 Å². The average Bonchev–Trinajstić information content (AvgIpc) is 3.05. The summed E-state index contributed by atoms with van der Waals surface area (Å²) in [6.07, 6.45) is 0. The molecular formula is C20H24N4O2. The van der Waals surface area contributed by atoms with E-state index in [0.717, 1.165) is 28.0 Å². The van der Waals surface area contributed by atoms with E-state index in [0.29, 0.717) is 31.5 Å². The fourth-order valence-electron chi connectivity index (χ4n) is 2.71. The van der Waals surface area contributed by atoms with Gasteiger partial charge in [-0.15, -0.1) is 0 Å². The lowest BCUT2D eigenvalue weighted by Crippen LogP contribution is -2.23. The highest BCUT2D eigenvalue weighted by Crippen LogP contribution is 2.29. The van der Waals surface area contributed by atoms with Gasteiger partial charge < -0.3 is 25.5 Å². The number of aromatic amines is 1. The smallest absolute Gasteiger partial charge is 0.193 e. The van der Waals surface area contributed by atoms with E-state index in [4.69, 9.17) is 15.2 Å². The van der Waals surface area contributed by atoms with Gasteiger partial charge in [-0.3, -0.25) is 0 Å². The number of anilines is 1. The minimum Gasteiger partial charge on any atom is -0.494 e. The first kappa shape index (κ1) is 17.7. The van der Waals surface area contributed by atoms with Crippen LogP contribution in [0.5, 0.6) is 11.5 Å². The Labute approximate surface area is 153 Å². The first-order chi connectivity index (χ1) is 12.7. The molecule has 6 nitrogen and oxygen atoms in total. The molecule has 0 amide bonds. The molecule has 0 aliphatic rings. The van der Waals surface area contributed by atoms with Gasteiger partial charge in [0.25, 0.3) is 0 Å². The number of nitrogens with one attached hydrogen (secondary N) is 2. The minimum atomic E-state index is 0.318. The highest BCUT2D eigenvalue weighted by Gasteiger charge is 2.07. The molecule has 26 heavy (non-hydrogen) atoms. The number of hydrogen-bond acceptors (Lipinski definition) is 3. The van der Waals surface area contributed by atoms with Crippen molar-refractivity contribution in [3.63, 3.8) is 0 Å². The third kappa shape index (κ3) is 4.27. The van der Waals surface area contributed by atoms with Gasteiger partial charge in [0.05, 0.1) is 25.4 Å². The summed E-state index contributed by atoms with van der Waals surface area (Å²) in [5.74, 6) is 1.78. The number of rotatable bonds is 7. The fraction of sp³-hybridized carbons (Fsp3) is 0.250. The molecular weight excluding hydrogens is 328 g/mol. The molecule has 6 heteroatoms. The molecule has 0 unspecified atom stereocenters. The van der Waals surface area contributed by atoms with Gasteiger partial charge in [-0.2, -0.15) is 0 Å². The summed E-state index contributed by atoms with van der Waals surface area (Å²) in [5, 5.41) is 4.27. The summed E-state index contributed by atoms with van der Waals surface area (Å²) in [6, 6.07) is 15.8. The van der Waals surface area contributed by atoms with E-state index < -0.39 is 0 Å². The van der Waals surface area contributed by atoms with Crippen LogP contribution < -0.4 is 20.5 Å². The number of para-hydroxylation sites is 1. The van der Waals surface area contributed by atoms with Gasteiger partial charge in [0, 0.05) is 17.3 Å². The SMILES string of the molecule is CCOc1ccc(OCC)c(NC(N)=NCc2cc3ccccc3[nH]2)c1. The topological polar surface area (TPSA) is 84.7 Å². The van der Waals surface area contributed by atoms with Crippen molar-refractivity contribution in [2.24, 2.45) is 10.7 Å². The largest absolute Gasteiger partial charge is 0.494 e. The van der Waals surface area contributed by atoms with Gasteiger partial charge in [-0.05, 0) is 43.5 Å². The van der Waals surface area contributed by atoms with Crippen LogP contribution in [-0.4, -0.2) is 24.2 Å². The maximum absolute atomic E-state index is 6.07. The number of H-pyrrole nitrogens is 1. The van der Waals surface area contributed by atoms with E-state index in [9.17, 15) is 0 Å². The van der Waals surface area contributed by atoms with Crippen LogP contribution in [-0.2, 0) is 6.54 Å². The molecule has 2 aromatic carbocycles. The van der Waals surface area contributed by atoms with Crippen LogP contribution >= 0.6 is 0 Å². The van der Waals surface area contributed by atoms with Crippen molar-refractivity contribution in [3.05, 3.63) is 54.2 Å². The molecule has 0 aliphatic carbocycles. The zero-order valence-corrected chi connectivity index (χ0v) is 15.1. The van der Waals surface area contributed by atoms with Crippen molar-refractivity contribution in [1.82, 2.24) is 4.98 Å². The maximum atomic E-state index is 6.07. The van der Waals surface area contributed by atoms with Crippen LogP contribution in [0.25, 0.3) is 10.9 Å². The highest BCUT2D eigenvalue weighted by atomic mass is 16.5. The molecule has 1 aromatic heterocycles. The first-order valence-corrected chi connectivity index (χ1v) is 8.72. The van der Waals surface area contributed by atoms with Crippen molar-refractivity contribution in [3.8, 4) is 11.5 Å². The molecule has 3 aromatic rings. The molecule has 0 saturated carbocycles. The summed E-state index contributed by atoms with van der Waals surface area (Å²) in [4.78, 5) is 7.75. The number of nitrogens with two attached hydrogens (primary N) is 1. The number of aromatic nitrogens is 1. The second-order valence-corrected chi connectivity index (χ2v) is 5.73. The lowest BCUT2D eigenvalue weighted by molar-refractivity contribution is 0.332. The molecule has 4 N–H and O–H groups in total. The minimum absolute atomic E-state index is 0.318. The van der Waals surface area contributed by atoms with Crippen LogP contribution in [0.1, 0.15) is 19.5 Å². The average molecular weight is 352 g/mol. The lowest BCUT2D eigenvalue weighted by atomic mass is 10.2. The Hall–Kier alpha value is -3.15. The molecule has 0 spiro atoms. The van der Waals surface area contributed by atoms with Crippen molar-refractivity contribution in [2.75, 3.05) is 18.5 Å². The number of aliphatic imine (C=N–C) groups is 1. The Morgan fingerprint density at radius 1 is 1.08 bits per heavy atom. The van der Waals surface area contributed by atoms with Crippen LogP contribution in [0.2, 0.25) is 0 Å². The molecule has 0 fully saturated rings. The van der Waals surface area contributed by atoms with E-state index >= 15 is 0 Å². The van der Waals surface area contributed by atoms with E-state index in [1.807, 2.05) is 50.2 Å². The molecule has 3 rings (SSSR count). The predicted molar refractivity (Wildman–Crippen MR) is 106 cm³/mol. The maximum Gasteiger partial charge on any atom is 0.193 e. The van der Waals surface area contributed by atoms with E-state index in [2.05, 4.69) is 27.4 Å². The normalized spacial score (nSPS) is 11.5. The fourth-order valence-corrected chi connectivity index (χ4v) is 2.71. The molecule has 0 saturated heterocycles. The Kier molecular flexibility index (Phi) is 5.63. The number of guanidine groups is 1. The van der Waals surface area contributed by atoms with E-state index in [-0.39, 0.29) is 0 Å². The Morgan fingerprint density at radius 2 is 1.88 bits per heavy atom. The monoisotopic (exact) mass is 352 g/mol. The van der Waals surface area contributed by atoms with Crippen molar-refractivity contribution in [2.45, 2.75) is 20.4 Å². The Balaban J connectivity index is 1.74. The summed E-state index contributed by atoms with van der Waals surface area (Å²) in [5.41, 5.74) is 8.89. The number of nitrogens with zero attached hydrogens (tertiary/aromatic N) is 1. The molecule has 0 atom stereocenters. The molecule has 0 aliphatic heterocycles. The summed E-state index contributed by atoms with van der Waals surface area (Å²) in [7, 11) is 0. The molecule has 136 valence electrons. The molecule has 1 heterocycles. The van der Waals surface area contributed by atoms with Crippen LogP contribution in [0, 0.1) is 0 Å². The predicted octanol–water partition coefficient (Wildman–Crippen LogP) is 3.89. The van der Waals surface area contributed by atoms with Crippen LogP contribution in [0.15, 0.2) is 53.5 Å². The third-order valence-corrected chi connectivity index (χ3v) is 3.83.